The van der Waals surface area contributed by atoms with Crippen molar-refractivity contribution >= 4 is 47.6 Å². The molecule has 17 heavy (non-hydrogen) atoms. The van der Waals surface area contributed by atoms with E-state index >= 15 is 0 Å². The smallest absolute Gasteiger partial charge is 0.328 e. The summed E-state index contributed by atoms with van der Waals surface area (Å²) in [5, 5.41) is 15.6. The third-order valence-corrected chi connectivity index (χ3v) is 1.40. The minimum absolute atomic E-state index is 0. The maximum atomic E-state index is 9.55. The molecule has 0 spiro atoms. The van der Waals surface area contributed by atoms with Crippen LogP contribution >= 0.6 is 0 Å². The second-order valence-electron chi connectivity index (χ2n) is 2.62. The standard InChI is InChI=1S/C8H8.C4H4O4.Na/c1-2-8-6-4-3-5-7-8;5-3(6)1-2-4(7)8;/h2-7H,1H2;1-2H,(H,5,6)(H,7,8);/b;2-1-;. The van der Waals surface area contributed by atoms with Crippen molar-refractivity contribution < 1.29 is 19.8 Å². The number of hydrogen-bond acceptors (Lipinski definition) is 2. The SMILES string of the molecule is C=Cc1ccccc1.O=C(O)/C=C\C(=O)O.[Na]. The minimum Gasteiger partial charge on any atom is -0.478 e. The van der Waals surface area contributed by atoms with Gasteiger partial charge in [0, 0.05) is 41.7 Å². The van der Waals surface area contributed by atoms with E-state index in [0.29, 0.717) is 12.2 Å². The van der Waals surface area contributed by atoms with Crippen molar-refractivity contribution in [2.45, 2.75) is 0 Å². The molecule has 0 atom stereocenters. The fourth-order valence-corrected chi connectivity index (χ4v) is 0.732. The minimum atomic E-state index is -1.26. The molecule has 0 aliphatic rings. The zero-order chi connectivity index (χ0) is 12.4. The van der Waals surface area contributed by atoms with Crippen LogP contribution < -0.4 is 0 Å². The average Bonchev–Trinajstić information content (AvgIpc) is 2.28. The second kappa shape index (κ2) is 11.1. The first-order valence-corrected chi connectivity index (χ1v) is 4.37. The number of rotatable bonds is 3. The molecule has 4 nitrogen and oxygen atoms in total. The van der Waals surface area contributed by atoms with Gasteiger partial charge in [-0.3, -0.25) is 0 Å². The summed E-state index contributed by atoms with van der Waals surface area (Å²) in [7, 11) is 0. The maximum Gasteiger partial charge on any atom is 0.328 e. The maximum absolute atomic E-state index is 9.55. The normalized spacial score (nSPS) is 8.47. The van der Waals surface area contributed by atoms with Crippen molar-refractivity contribution in [3.8, 4) is 0 Å². The van der Waals surface area contributed by atoms with Gasteiger partial charge in [0.25, 0.3) is 0 Å². The fraction of sp³-hybridized carbons (Fsp3) is 0. The summed E-state index contributed by atoms with van der Waals surface area (Å²) in [6, 6.07) is 10.0. The number of carbonyl (C=O) groups is 2. The molecule has 1 radical (unpaired) electrons. The molecule has 1 aromatic carbocycles. The van der Waals surface area contributed by atoms with Crippen molar-refractivity contribution in [3.05, 3.63) is 54.6 Å². The first-order chi connectivity index (χ1) is 7.56. The monoisotopic (exact) mass is 243 g/mol. The molecule has 0 aliphatic heterocycles. The van der Waals surface area contributed by atoms with E-state index in [0.717, 1.165) is 0 Å². The fourth-order valence-electron chi connectivity index (χ4n) is 0.732. The first-order valence-electron chi connectivity index (χ1n) is 4.37. The summed E-state index contributed by atoms with van der Waals surface area (Å²) in [5.41, 5.74) is 1.17. The number of hydrogen-bond donors (Lipinski definition) is 2. The van der Waals surface area contributed by atoms with Gasteiger partial charge in [0.15, 0.2) is 0 Å². The molecular formula is C12H12NaO4. The van der Waals surface area contributed by atoms with Crippen LogP contribution in [0.15, 0.2) is 49.1 Å². The topological polar surface area (TPSA) is 74.6 Å². The van der Waals surface area contributed by atoms with E-state index in [4.69, 9.17) is 10.2 Å². The Labute approximate surface area is 122 Å². The zero-order valence-corrected chi connectivity index (χ0v) is 11.5. The Morgan fingerprint density at radius 2 is 1.41 bits per heavy atom. The first kappa shape index (κ1) is 18.0. The largest absolute Gasteiger partial charge is 0.478 e. The van der Waals surface area contributed by atoms with Crippen molar-refractivity contribution in [2.75, 3.05) is 0 Å². The van der Waals surface area contributed by atoms with Gasteiger partial charge in [-0.1, -0.05) is 43.0 Å². The average molecular weight is 243 g/mol. The molecule has 0 amide bonds. The van der Waals surface area contributed by atoms with Crippen LogP contribution in [0, 0.1) is 0 Å². The van der Waals surface area contributed by atoms with Crippen LogP contribution in [-0.2, 0) is 9.59 Å². The number of carboxylic acid groups (broad SMARTS) is 2. The van der Waals surface area contributed by atoms with E-state index in [1.165, 1.54) is 5.56 Å². The molecule has 1 rings (SSSR count). The Hall–Kier alpha value is -1.36. The van der Waals surface area contributed by atoms with Gasteiger partial charge in [0.2, 0.25) is 0 Å². The molecule has 5 heteroatoms. The summed E-state index contributed by atoms with van der Waals surface area (Å²) in [6.07, 6.45) is 2.95. The summed E-state index contributed by atoms with van der Waals surface area (Å²) in [6.45, 7) is 3.63. The second-order valence-corrected chi connectivity index (χ2v) is 2.62. The van der Waals surface area contributed by atoms with E-state index < -0.39 is 11.9 Å². The molecule has 0 saturated heterocycles. The molecule has 1 aromatic rings. The van der Waals surface area contributed by atoms with E-state index in [1.54, 1.807) is 0 Å². The number of aliphatic carboxylic acids is 2. The van der Waals surface area contributed by atoms with E-state index in [-0.39, 0.29) is 29.6 Å². The molecule has 2 N–H and O–H groups in total. The molecule has 0 heterocycles. The van der Waals surface area contributed by atoms with Crippen LogP contribution in [0.2, 0.25) is 0 Å². The van der Waals surface area contributed by atoms with Crippen LogP contribution in [0.5, 0.6) is 0 Å². The van der Waals surface area contributed by atoms with Crippen LogP contribution in [0.4, 0.5) is 0 Å². The Morgan fingerprint density at radius 3 is 1.65 bits per heavy atom. The molecule has 0 aliphatic carbocycles. The van der Waals surface area contributed by atoms with Crippen molar-refractivity contribution in [3.63, 3.8) is 0 Å². The molecular weight excluding hydrogens is 231 g/mol. The van der Waals surface area contributed by atoms with Gasteiger partial charge in [-0.25, -0.2) is 9.59 Å². The number of carboxylic acids is 2. The van der Waals surface area contributed by atoms with Crippen molar-refractivity contribution in [2.24, 2.45) is 0 Å². The van der Waals surface area contributed by atoms with E-state index in [1.807, 2.05) is 36.4 Å². The molecule has 0 unspecified atom stereocenters. The van der Waals surface area contributed by atoms with Crippen molar-refractivity contribution in [1.29, 1.82) is 0 Å². The summed E-state index contributed by atoms with van der Waals surface area (Å²) in [4.78, 5) is 19.1. The molecule has 0 bridgehead atoms. The Morgan fingerprint density at radius 1 is 1.00 bits per heavy atom. The van der Waals surface area contributed by atoms with Gasteiger partial charge < -0.3 is 10.2 Å². The zero-order valence-electron chi connectivity index (χ0n) is 9.54. The van der Waals surface area contributed by atoms with Gasteiger partial charge >= 0.3 is 11.9 Å². The number of benzene rings is 1. The quantitative estimate of drug-likeness (QED) is 0.625. The molecule has 85 valence electrons. The molecule has 0 saturated carbocycles. The molecule has 0 fully saturated rings. The van der Waals surface area contributed by atoms with Gasteiger partial charge in [-0.15, -0.1) is 0 Å². The third kappa shape index (κ3) is 12.6. The Balaban J connectivity index is 0. The van der Waals surface area contributed by atoms with Crippen LogP contribution in [-0.4, -0.2) is 51.7 Å². The third-order valence-electron chi connectivity index (χ3n) is 1.40. The van der Waals surface area contributed by atoms with Gasteiger partial charge in [0.1, 0.15) is 0 Å². The van der Waals surface area contributed by atoms with Gasteiger partial charge in [-0.05, 0) is 5.56 Å². The van der Waals surface area contributed by atoms with Gasteiger partial charge in [0.05, 0.1) is 0 Å². The van der Waals surface area contributed by atoms with E-state index in [2.05, 4.69) is 6.58 Å². The Kier molecular flexibility index (Phi) is 11.8. The van der Waals surface area contributed by atoms with Crippen LogP contribution in [0.25, 0.3) is 6.08 Å². The predicted molar refractivity (Wildman–Crippen MR) is 66.7 cm³/mol. The van der Waals surface area contributed by atoms with E-state index in [9.17, 15) is 9.59 Å². The Bertz CT molecular complexity index is 369. The van der Waals surface area contributed by atoms with Crippen LogP contribution in [0.1, 0.15) is 5.56 Å². The summed E-state index contributed by atoms with van der Waals surface area (Å²) in [5.74, 6) is -2.51. The van der Waals surface area contributed by atoms with Gasteiger partial charge in [-0.2, -0.15) is 0 Å². The van der Waals surface area contributed by atoms with Crippen LogP contribution in [0.3, 0.4) is 0 Å². The summed E-state index contributed by atoms with van der Waals surface area (Å²) < 4.78 is 0. The molecule has 0 aromatic heterocycles. The predicted octanol–water partition coefficient (Wildman–Crippen LogP) is 1.66. The summed E-state index contributed by atoms with van der Waals surface area (Å²) >= 11 is 0. The van der Waals surface area contributed by atoms with Crippen molar-refractivity contribution in [1.82, 2.24) is 0 Å².